The smallest absolute Gasteiger partial charge is 0.305 e. The van der Waals surface area contributed by atoms with E-state index in [1.54, 1.807) is 6.92 Å². The first-order valence-electron chi connectivity index (χ1n) is 4.94. The number of carbonyl (C=O) groups excluding carboxylic acids is 1. The summed E-state index contributed by atoms with van der Waals surface area (Å²) in [6.45, 7) is 1.63. The predicted octanol–water partition coefficient (Wildman–Crippen LogP) is 0.875. The van der Waals surface area contributed by atoms with Crippen LogP contribution in [0.1, 0.15) is 12.0 Å². The van der Waals surface area contributed by atoms with Gasteiger partial charge in [0.25, 0.3) is 0 Å². The molecule has 0 fully saturated rings. The number of anilines is 1. The number of nitrogens with two attached hydrogens (primary N) is 1. The van der Waals surface area contributed by atoms with Gasteiger partial charge in [-0.1, -0.05) is 0 Å². The zero-order chi connectivity index (χ0) is 13.0. The van der Waals surface area contributed by atoms with Gasteiger partial charge in [0.1, 0.15) is 5.82 Å². The fourth-order valence-corrected chi connectivity index (χ4v) is 1.27. The van der Waals surface area contributed by atoms with Crippen LogP contribution in [-0.4, -0.2) is 23.0 Å². The van der Waals surface area contributed by atoms with Crippen LogP contribution >= 0.6 is 0 Å². The number of halogens is 1. The Labute approximate surface area is 97.4 Å². The fraction of sp³-hybridized carbons (Fsp3) is 0.273. The molecule has 92 valence electrons. The molecule has 1 amide bonds. The van der Waals surface area contributed by atoms with E-state index < -0.39 is 30.2 Å². The third kappa shape index (κ3) is 3.84. The van der Waals surface area contributed by atoms with Crippen molar-refractivity contribution >= 4 is 17.6 Å². The standard InChI is InChI=1S/C11H13FN2O3/c1-6-4-7(12)2-3-9(6)14-11(17)8(13)5-10(15)16/h2-4,8H,5,13H2,1H3,(H,14,17)(H,15,16). The third-order valence-electron chi connectivity index (χ3n) is 2.18. The highest BCUT2D eigenvalue weighted by Crippen LogP contribution is 2.15. The molecule has 0 aliphatic heterocycles. The minimum Gasteiger partial charge on any atom is -0.481 e. The van der Waals surface area contributed by atoms with Crippen LogP contribution in [0.3, 0.4) is 0 Å². The van der Waals surface area contributed by atoms with E-state index in [2.05, 4.69) is 5.32 Å². The number of aliphatic carboxylic acids is 1. The van der Waals surface area contributed by atoms with Crippen LogP contribution in [0.15, 0.2) is 18.2 Å². The zero-order valence-electron chi connectivity index (χ0n) is 9.24. The minimum atomic E-state index is -1.15. The molecule has 0 aliphatic carbocycles. The molecule has 0 saturated heterocycles. The number of rotatable bonds is 4. The number of carbonyl (C=O) groups is 2. The Kier molecular flexibility index (Phi) is 4.17. The van der Waals surface area contributed by atoms with Crippen LogP contribution in [0.25, 0.3) is 0 Å². The van der Waals surface area contributed by atoms with Gasteiger partial charge in [0, 0.05) is 5.69 Å². The normalized spacial score (nSPS) is 11.9. The monoisotopic (exact) mass is 240 g/mol. The van der Waals surface area contributed by atoms with Gasteiger partial charge in [-0.2, -0.15) is 0 Å². The van der Waals surface area contributed by atoms with Crippen LogP contribution in [0, 0.1) is 12.7 Å². The lowest BCUT2D eigenvalue weighted by atomic mass is 10.1. The van der Waals surface area contributed by atoms with Crippen molar-refractivity contribution in [1.29, 1.82) is 0 Å². The number of aryl methyl sites for hydroxylation is 1. The van der Waals surface area contributed by atoms with Crippen molar-refractivity contribution in [3.05, 3.63) is 29.6 Å². The fourth-order valence-electron chi connectivity index (χ4n) is 1.27. The highest BCUT2D eigenvalue weighted by Gasteiger charge is 2.17. The Balaban J connectivity index is 2.71. The zero-order valence-corrected chi connectivity index (χ0v) is 9.24. The predicted molar refractivity (Wildman–Crippen MR) is 60.0 cm³/mol. The quantitative estimate of drug-likeness (QED) is 0.728. The molecule has 0 heterocycles. The molecule has 17 heavy (non-hydrogen) atoms. The van der Waals surface area contributed by atoms with Gasteiger partial charge < -0.3 is 16.2 Å². The summed E-state index contributed by atoms with van der Waals surface area (Å²) in [5.74, 6) is -2.17. The molecule has 1 aromatic rings. The van der Waals surface area contributed by atoms with Gasteiger partial charge in [-0.05, 0) is 30.7 Å². The molecule has 1 unspecified atom stereocenters. The molecule has 6 heteroatoms. The Bertz CT molecular complexity index is 448. The van der Waals surface area contributed by atoms with Crippen LogP contribution < -0.4 is 11.1 Å². The Hall–Kier alpha value is -1.95. The first-order chi connectivity index (χ1) is 7.90. The Morgan fingerprint density at radius 1 is 1.53 bits per heavy atom. The summed E-state index contributed by atoms with van der Waals surface area (Å²) in [4.78, 5) is 21.9. The molecule has 0 aromatic heterocycles. The van der Waals surface area contributed by atoms with Gasteiger partial charge in [-0.3, -0.25) is 9.59 Å². The van der Waals surface area contributed by atoms with Gasteiger partial charge >= 0.3 is 5.97 Å². The summed E-state index contributed by atoms with van der Waals surface area (Å²) in [6.07, 6.45) is -0.452. The van der Waals surface area contributed by atoms with Crippen molar-refractivity contribution in [2.45, 2.75) is 19.4 Å². The van der Waals surface area contributed by atoms with Crippen molar-refractivity contribution < 1.29 is 19.1 Å². The number of nitrogens with one attached hydrogen (secondary N) is 1. The lowest BCUT2D eigenvalue weighted by Crippen LogP contribution is -2.37. The third-order valence-corrected chi connectivity index (χ3v) is 2.18. The van der Waals surface area contributed by atoms with Gasteiger partial charge in [-0.25, -0.2) is 4.39 Å². The SMILES string of the molecule is Cc1cc(F)ccc1NC(=O)C(N)CC(=O)O. The number of hydrogen-bond donors (Lipinski definition) is 3. The second kappa shape index (κ2) is 5.40. The number of benzene rings is 1. The van der Waals surface area contributed by atoms with Gasteiger partial charge in [-0.15, -0.1) is 0 Å². The van der Waals surface area contributed by atoms with Gasteiger partial charge in [0.2, 0.25) is 5.91 Å². The van der Waals surface area contributed by atoms with Crippen LogP contribution in [0.5, 0.6) is 0 Å². The lowest BCUT2D eigenvalue weighted by molar-refractivity contribution is -0.138. The van der Waals surface area contributed by atoms with E-state index in [4.69, 9.17) is 10.8 Å². The van der Waals surface area contributed by atoms with E-state index in [1.165, 1.54) is 18.2 Å². The van der Waals surface area contributed by atoms with Crippen LogP contribution in [0.4, 0.5) is 10.1 Å². The Morgan fingerprint density at radius 2 is 2.18 bits per heavy atom. The summed E-state index contributed by atoms with van der Waals surface area (Å²) < 4.78 is 12.8. The first kappa shape index (κ1) is 13.1. The summed E-state index contributed by atoms with van der Waals surface area (Å²) >= 11 is 0. The highest BCUT2D eigenvalue weighted by molar-refractivity contribution is 5.97. The molecule has 0 radical (unpaired) electrons. The maximum Gasteiger partial charge on any atom is 0.305 e. The second-order valence-electron chi connectivity index (χ2n) is 3.65. The van der Waals surface area contributed by atoms with Gasteiger partial charge in [0.05, 0.1) is 12.5 Å². The van der Waals surface area contributed by atoms with Crippen molar-refractivity contribution in [3.63, 3.8) is 0 Å². The van der Waals surface area contributed by atoms with Gasteiger partial charge in [0.15, 0.2) is 0 Å². The number of hydrogen-bond acceptors (Lipinski definition) is 3. The molecular weight excluding hydrogens is 227 g/mol. The summed E-state index contributed by atoms with van der Waals surface area (Å²) in [7, 11) is 0. The molecule has 0 saturated carbocycles. The second-order valence-corrected chi connectivity index (χ2v) is 3.65. The number of carboxylic acids is 1. The number of carboxylic acid groups (broad SMARTS) is 1. The Morgan fingerprint density at radius 3 is 2.71 bits per heavy atom. The topological polar surface area (TPSA) is 92.4 Å². The summed E-state index contributed by atoms with van der Waals surface area (Å²) in [6, 6.07) is 2.73. The van der Waals surface area contributed by atoms with Crippen molar-refractivity contribution in [3.8, 4) is 0 Å². The van der Waals surface area contributed by atoms with E-state index in [-0.39, 0.29) is 0 Å². The molecular formula is C11H13FN2O3. The van der Waals surface area contributed by atoms with Crippen molar-refractivity contribution in [2.75, 3.05) is 5.32 Å². The maximum atomic E-state index is 12.8. The van der Waals surface area contributed by atoms with E-state index >= 15 is 0 Å². The maximum absolute atomic E-state index is 12.8. The van der Waals surface area contributed by atoms with E-state index in [9.17, 15) is 14.0 Å². The molecule has 5 nitrogen and oxygen atoms in total. The van der Waals surface area contributed by atoms with E-state index in [0.717, 1.165) is 0 Å². The highest BCUT2D eigenvalue weighted by atomic mass is 19.1. The molecule has 0 spiro atoms. The summed E-state index contributed by atoms with van der Waals surface area (Å²) in [5.41, 5.74) is 6.34. The molecule has 4 N–H and O–H groups in total. The van der Waals surface area contributed by atoms with E-state index in [0.29, 0.717) is 11.3 Å². The largest absolute Gasteiger partial charge is 0.481 e. The minimum absolute atomic E-state index is 0.407. The lowest BCUT2D eigenvalue weighted by Gasteiger charge is -2.12. The molecule has 0 aliphatic rings. The molecule has 0 bridgehead atoms. The average molecular weight is 240 g/mol. The van der Waals surface area contributed by atoms with Crippen LogP contribution in [-0.2, 0) is 9.59 Å². The average Bonchev–Trinajstić information content (AvgIpc) is 2.21. The number of amides is 1. The molecule has 1 atom stereocenters. The molecule has 1 aromatic carbocycles. The van der Waals surface area contributed by atoms with Crippen LogP contribution in [0.2, 0.25) is 0 Å². The van der Waals surface area contributed by atoms with Crippen molar-refractivity contribution in [2.24, 2.45) is 5.73 Å². The summed E-state index contributed by atoms with van der Waals surface area (Å²) in [5, 5.41) is 10.9. The van der Waals surface area contributed by atoms with Crippen molar-refractivity contribution in [1.82, 2.24) is 0 Å². The first-order valence-corrected chi connectivity index (χ1v) is 4.94. The van der Waals surface area contributed by atoms with E-state index in [1.807, 2.05) is 0 Å². The molecule has 1 rings (SSSR count).